The van der Waals surface area contributed by atoms with Crippen LogP contribution >= 0.6 is 0 Å². The highest BCUT2D eigenvalue weighted by molar-refractivity contribution is 6.03. The summed E-state index contributed by atoms with van der Waals surface area (Å²) in [4.78, 5) is 12.4. The molecule has 3 rings (SSSR count). The van der Waals surface area contributed by atoms with Crippen molar-refractivity contribution in [1.29, 1.82) is 0 Å². The molecule has 0 heterocycles. The normalized spacial score (nSPS) is 18.8. The van der Waals surface area contributed by atoms with Gasteiger partial charge in [-0.2, -0.15) is 0 Å². The number of rotatable bonds is 1. The Hall–Kier alpha value is -1.89. The molecular formula is C16H14O. The number of hydrogen-bond acceptors (Lipinski definition) is 1. The van der Waals surface area contributed by atoms with Crippen LogP contribution in [0.5, 0.6) is 0 Å². The summed E-state index contributed by atoms with van der Waals surface area (Å²) in [5.74, 6) is 0.323. The molecule has 1 aliphatic carbocycles. The summed E-state index contributed by atoms with van der Waals surface area (Å²) in [6.45, 7) is 0. The monoisotopic (exact) mass is 222 g/mol. The molecule has 0 spiro atoms. The predicted molar refractivity (Wildman–Crippen MR) is 68.3 cm³/mol. The second-order valence-electron chi connectivity index (χ2n) is 4.52. The summed E-state index contributed by atoms with van der Waals surface area (Å²) < 4.78 is 0. The molecule has 0 bridgehead atoms. The fraction of sp³-hybridized carbons (Fsp3) is 0.188. The summed E-state index contributed by atoms with van der Waals surface area (Å²) in [6, 6.07) is 18.1. The van der Waals surface area contributed by atoms with E-state index in [0.29, 0.717) is 0 Å². The van der Waals surface area contributed by atoms with Gasteiger partial charge in [0.05, 0.1) is 0 Å². The Morgan fingerprint density at radius 2 is 1.59 bits per heavy atom. The quantitative estimate of drug-likeness (QED) is 0.720. The van der Waals surface area contributed by atoms with Crippen molar-refractivity contribution >= 4 is 5.78 Å². The van der Waals surface area contributed by atoms with Gasteiger partial charge in [-0.15, -0.1) is 0 Å². The molecule has 2 aromatic carbocycles. The topological polar surface area (TPSA) is 17.1 Å². The lowest BCUT2D eigenvalue weighted by molar-refractivity contribution is 0.0946. The molecule has 0 N–H and O–H groups in total. The molecule has 0 fully saturated rings. The Kier molecular flexibility index (Phi) is 2.52. The van der Waals surface area contributed by atoms with Crippen LogP contribution in [0.25, 0.3) is 0 Å². The third-order valence-corrected chi connectivity index (χ3v) is 3.50. The second-order valence-corrected chi connectivity index (χ2v) is 4.52. The van der Waals surface area contributed by atoms with Crippen LogP contribution in [-0.4, -0.2) is 5.78 Å². The minimum absolute atomic E-state index is 0.0473. The zero-order valence-electron chi connectivity index (χ0n) is 9.60. The highest BCUT2D eigenvalue weighted by Crippen LogP contribution is 2.32. The van der Waals surface area contributed by atoms with Gasteiger partial charge in [0, 0.05) is 11.5 Å². The van der Waals surface area contributed by atoms with Gasteiger partial charge in [-0.3, -0.25) is 4.79 Å². The van der Waals surface area contributed by atoms with E-state index in [9.17, 15) is 4.79 Å². The first-order chi connectivity index (χ1) is 8.36. The standard InChI is InChI=1S/C16H14O/c17-16-14-9-5-4-8-13(14)10-11-15(16)12-6-2-1-3-7-12/h1-9,15H,10-11H2/t15-/m0/s1. The van der Waals surface area contributed by atoms with Crippen molar-refractivity contribution in [2.75, 3.05) is 0 Å². The van der Waals surface area contributed by atoms with E-state index in [1.54, 1.807) is 0 Å². The first-order valence-electron chi connectivity index (χ1n) is 6.03. The number of fused-ring (bicyclic) bond motifs is 1. The van der Waals surface area contributed by atoms with Crippen molar-refractivity contribution in [1.82, 2.24) is 0 Å². The highest BCUT2D eigenvalue weighted by Gasteiger charge is 2.27. The fourth-order valence-electron chi connectivity index (χ4n) is 2.60. The zero-order chi connectivity index (χ0) is 11.7. The maximum atomic E-state index is 12.4. The minimum atomic E-state index is 0.0473. The summed E-state index contributed by atoms with van der Waals surface area (Å²) in [5, 5.41) is 0. The summed E-state index contributed by atoms with van der Waals surface area (Å²) in [5.41, 5.74) is 3.25. The van der Waals surface area contributed by atoms with E-state index in [0.717, 1.165) is 24.0 Å². The number of aryl methyl sites for hydroxylation is 1. The van der Waals surface area contributed by atoms with Crippen LogP contribution < -0.4 is 0 Å². The Balaban J connectivity index is 2.00. The van der Waals surface area contributed by atoms with Crippen molar-refractivity contribution in [3.8, 4) is 0 Å². The molecule has 17 heavy (non-hydrogen) atoms. The lowest BCUT2D eigenvalue weighted by atomic mass is 9.79. The van der Waals surface area contributed by atoms with Gasteiger partial charge in [-0.05, 0) is 24.0 Å². The molecule has 84 valence electrons. The average molecular weight is 222 g/mol. The van der Waals surface area contributed by atoms with E-state index in [1.165, 1.54) is 5.56 Å². The van der Waals surface area contributed by atoms with Crippen LogP contribution in [0.3, 0.4) is 0 Å². The maximum absolute atomic E-state index is 12.4. The van der Waals surface area contributed by atoms with Crippen molar-refractivity contribution in [2.45, 2.75) is 18.8 Å². The van der Waals surface area contributed by atoms with Crippen molar-refractivity contribution in [2.24, 2.45) is 0 Å². The van der Waals surface area contributed by atoms with Crippen LogP contribution in [0.1, 0.15) is 33.8 Å². The van der Waals surface area contributed by atoms with Crippen molar-refractivity contribution in [3.05, 3.63) is 71.3 Å². The van der Waals surface area contributed by atoms with Crippen LogP contribution in [0.4, 0.5) is 0 Å². The SMILES string of the molecule is O=C1c2ccccc2CC[C@H]1c1ccccc1. The van der Waals surface area contributed by atoms with Crippen LogP contribution in [0.2, 0.25) is 0 Å². The number of hydrogen-bond donors (Lipinski definition) is 0. The largest absolute Gasteiger partial charge is 0.293 e. The number of carbonyl (C=O) groups is 1. The molecule has 0 saturated heterocycles. The van der Waals surface area contributed by atoms with E-state index in [-0.39, 0.29) is 11.7 Å². The van der Waals surface area contributed by atoms with Gasteiger partial charge in [-0.25, -0.2) is 0 Å². The first kappa shape index (κ1) is 10.3. The zero-order valence-corrected chi connectivity index (χ0v) is 9.60. The maximum Gasteiger partial charge on any atom is 0.170 e. The van der Waals surface area contributed by atoms with Crippen LogP contribution in [0, 0.1) is 0 Å². The summed E-state index contributed by atoms with van der Waals surface area (Å²) in [7, 11) is 0. The van der Waals surface area contributed by atoms with E-state index in [4.69, 9.17) is 0 Å². The molecule has 0 radical (unpaired) electrons. The number of ketones is 1. The fourth-order valence-corrected chi connectivity index (χ4v) is 2.60. The lowest BCUT2D eigenvalue weighted by Crippen LogP contribution is -2.20. The molecule has 1 nitrogen and oxygen atoms in total. The third kappa shape index (κ3) is 1.78. The Bertz CT molecular complexity index is 542. The number of carbonyl (C=O) groups excluding carboxylic acids is 1. The lowest BCUT2D eigenvalue weighted by Gasteiger charge is -2.23. The Labute approximate surface area is 101 Å². The third-order valence-electron chi connectivity index (χ3n) is 3.50. The molecule has 1 atom stereocenters. The Morgan fingerprint density at radius 1 is 0.882 bits per heavy atom. The smallest absolute Gasteiger partial charge is 0.170 e. The van der Waals surface area contributed by atoms with E-state index in [2.05, 4.69) is 18.2 Å². The molecule has 0 unspecified atom stereocenters. The minimum Gasteiger partial charge on any atom is -0.293 e. The predicted octanol–water partition coefficient (Wildman–Crippen LogP) is 3.60. The second kappa shape index (κ2) is 4.17. The van der Waals surface area contributed by atoms with Gasteiger partial charge < -0.3 is 0 Å². The van der Waals surface area contributed by atoms with Crippen molar-refractivity contribution < 1.29 is 4.79 Å². The molecule has 1 heteroatoms. The summed E-state index contributed by atoms with van der Waals surface area (Å²) >= 11 is 0. The molecule has 0 amide bonds. The average Bonchev–Trinajstić information content (AvgIpc) is 2.40. The molecule has 0 aromatic heterocycles. The Morgan fingerprint density at radius 3 is 2.41 bits per heavy atom. The summed E-state index contributed by atoms with van der Waals surface area (Å²) in [6.07, 6.45) is 1.93. The van der Waals surface area contributed by atoms with Gasteiger partial charge in [-0.1, -0.05) is 54.6 Å². The molecule has 0 aliphatic heterocycles. The van der Waals surface area contributed by atoms with Gasteiger partial charge in [0.25, 0.3) is 0 Å². The van der Waals surface area contributed by atoms with Crippen molar-refractivity contribution in [3.63, 3.8) is 0 Å². The van der Waals surface area contributed by atoms with E-state index >= 15 is 0 Å². The highest BCUT2D eigenvalue weighted by atomic mass is 16.1. The number of benzene rings is 2. The molecule has 0 saturated carbocycles. The van der Waals surface area contributed by atoms with E-state index < -0.39 is 0 Å². The van der Waals surface area contributed by atoms with Gasteiger partial charge in [0.1, 0.15) is 0 Å². The van der Waals surface area contributed by atoms with Gasteiger partial charge in [0.15, 0.2) is 5.78 Å². The van der Waals surface area contributed by atoms with Gasteiger partial charge in [0.2, 0.25) is 0 Å². The first-order valence-corrected chi connectivity index (χ1v) is 6.03. The van der Waals surface area contributed by atoms with Crippen LogP contribution in [-0.2, 0) is 6.42 Å². The van der Waals surface area contributed by atoms with Gasteiger partial charge >= 0.3 is 0 Å². The number of Topliss-reactive ketones (excluding diaryl/α,β-unsaturated/α-hetero) is 1. The molecular weight excluding hydrogens is 208 g/mol. The molecule has 1 aliphatic rings. The van der Waals surface area contributed by atoms with E-state index in [1.807, 2.05) is 36.4 Å². The van der Waals surface area contributed by atoms with Crippen LogP contribution in [0.15, 0.2) is 54.6 Å². The molecule has 2 aromatic rings.